The van der Waals surface area contributed by atoms with E-state index in [9.17, 15) is 18.0 Å². The number of morpholine rings is 1. The van der Waals surface area contributed by atoms with Crippen molar-refractivity contribution in [2.45, 2.75) is 37.7 Å². The zero-order valence-electron chi connectivity index (χ0n) is 17.8. The number of aromatic nitrogens is 2. The Balaban J connectivity index is 0.000000423. The monoisotopic (exact) mass is 450 g/mol. The number of amides is 1. The van der Waals surface area contributed by atoms with Crippen molar-refractivity contribution in [2.24, 2.45) is 13.0 Å². The topological polar surface area (TPSA) is 97.1 Å². The summed E-state index contributed by atoms with van der Waals surface area (Å²) in [6.07, 6.45) is 1.30. The van der Waals surface area contributed by atoms with Crippen molar-refractivity contribution in [1.82, 2.24) is 19.6 Å². The van der Waals surface area contributed by atoms with Gasteiger partial charge in [-0.1, -0.05) is 0 Å². The van der Waals surface area contributed by atoms with E-state index in [-0.39, 0.29) is 18.6 Å². The van der Waals surface area contributed by atoms with Crippen LogP contribution in [0, 0.1) is 5.92 Å². The van der Waals surface area contributed by atoms with Crippen molar-refractivity contribution >= 4 is 11.9 Å². The average Bonchev–Trinajstić information content (AvgIpc) is 3.27. The average molecular weight is 450 g/mol. The van der Waals surface area contributed by atoms with E-state index in [0.717, 1.165) is 32.5 Å². The minimum absolute atomic E-state index is 0.0138. The van der Waals surface area contributed by atoms with E-state index in [1.54, 1.807) is 19.0 Å². The van der Waals surface area contributed by atoms with E-state index in [0.29, 0.717) is 18.6 Å². The Morgan fingerprint density at radius 3 is 2.58 bits per heavy atom. The number of aryl methyl sites for hydroxylation is 1. The van der Waals surface area contributed by atoms with Crippen LogP contribution in [0.5, 0.6) is 0 Å². The number of carbonyl (C=O) groups excluding carboxylic acids is 1. The maximum atomic E-state index is 11.6. The second kappa shape index (κ2) is 10.9. The number of likely N-dealkylation sites (N-methyl/N-ethyl adjacent to an activating group) is 1. The predicted octanol–water partition coefficient (Wildman–Crippen LogP) is 1.14. The van der Waals surface area contributed by atoms with Gasteiger partial charge in [0.25, 0.3) is 0 Å². The molecule has 31 heavy (non-hydrogen) atoms. The molecule has 0 aromatic carbocycles. The lowest BCUT2D eigenvalue weighted by Crippen LogP contribution is -2.47. The molecule has 2 heterocycles. The second-order valence-corrected chi connectivity index (χ2v) is 7.91. The molecule has 1 aliphatic carbocycles. The Morgan fingerprint density at radius 2 is 2.03 bits per heavy atom. The number of halogens is 3. The molecule has 1 aromatic heterocycles. The van der Waals surface area contributed by atoms with Crippen LogP contribution in [0.3, 0.4) is 0 Å². The summed E-state index contributed by atoms with van der Waals surface area (Å²) in [6, 6.07) is 0.442. The highest BCUT2D eigenvalue weighted by Gasteiger charge is 2.41. The fourth-order valence-electron chi connectivity index (χ4n) is 3.69. The van der Waals surface area contributed by atoms with Crippen molar-refractivity contribution in [1.29, 1.82) is 0 Å². The van der Waals surface area contributed by atoms with E-state index in [2.05, 4.69) is 16.2 Å². The maximum absolute atomic E-state index is 11.6. The van der Waals surface area contributed by atoms with E-state index >= 15 is 0 Å². The van der Waals surface area contributed by atoms with Crippen LogP contribution in [0.15, 0.2) is 12.4 Å². The first kappa shape index (κ1) is 25.1. The first-order chi connectivity index (χ1) is 14.5. The lowest BCUT2D eigenvalue weighted by atomic mass is 10.1. The molecule has 176 valence electrons. The van der Waals surface area contributed by atoms with Gasteiger partial charge >= 0.3 is 12.1 Å². The van der Waals surface area contributed by atoms with Gasteiger partial charge in [-0.15, -0.1) is 0 Å². The number of hydrogen-bond donors (Lipinski definition) is 1. The lowest BCUT2D eigenvalue weighted by molar-refractivity contribution is -0.192. The SMILES string of the molecule is CN(C)C(=O)COCC1CC2OCCN(Cc3cnn(C)c3)C2C1.O=C(O)C(F)(F)F. The summed E-state index contributed by atoms with van der Waals surface area (Å²) in [5, 5.41) is 11.4. The third-order valence-corrected chi connectivity index (χ3v) is 5.21. The molecule has 1 N–H and O–H groups in total. The summed E-state index contributed by atoms with van der Waals surface area (Å²) in [5.74, 6) is -2.28. The van der Waals surface area contributed by atoms with Gasteiger partial charge in [0.05, 0.1) is 25.5 Å². The highest BCUT2D eigenvalue weighted by molar-refractivity contribution is 5.76. The van der Waals surface area contributed by atoms with Crippen molar-refractivity contribution in [3.8, 4) is 0 Å². The third kappa shape index (κ3) is 7.78. The Labute approximate surface area is 178 Å². The van der Waals surface area contributed by atoms with Crippen molar-refractivity contribution < 1.29 is 37.3 Å². The highest BCUT2D eigenvalue weighted by Crippen LogP contribution is 2.35. The molecule has 1 amide bonds. The molecule has 2 fully saturated rings. The molecular weight excluding hydrogens is 421 g/mol. The number of carbonyl (C=O) groups is 2. The van der Waals surface area contributed by atoms with Crippen LogP contribution in [0.4, 0.5) is 13.2 Å². The van der Waals surface area contributed by atoms with Gasteiger partial charge < -0.3 is 19.5 Å². The largest absolute Gasteiger partial charge is 0.490 e. The van der Waals surface area contributed by atoms with Gasteiger partial charge in [0, 0.05) is 52.0 Å². The Hall–Kier alpha value is -2.18. The molecular formula is C19H29F3N4O5. The lowest BCUT2D eigenvalue weighted by Gasteiger charge is -2.37. The maximum Gasteiger partial charge on any atom is 0.490 e. The summed E-state index contributed by atoms with van der Waals surface area (Å²) in [5.41, 5.74) is 1.24. The van der Waals surface area contributed by atoms with Gasteiger partial charge in [-0.2, -0.15) is 18.3 Å². The quantitative estimate of drug-likeness (QED) is 0.694. The summed E-state index contributed by atoms with van der Waals surface area (Å²) in [6.45, 7) is 3.47. The van der Waals surface area contributed by atoms with E-state index in [1.165, 1.54) is 5.56 Å². The summed E-state index contributed by atoms with van der Waals surface area (Å²) < 4.78 is 45.2. The number of rotatable bonds is 6. The van der Waals surface area contributed by atoms with Crippen molar-refractivity contribution in [3.05, 3.63) is 18.0 Å². The molecule has 3 atom stereocenters. The molecule has 2 aliphatic rings. The van der Waals surface area contributed by atoms with E-state index < -0.39 is 12.1 Å². The zero-order valence-corrected chi connectivity index (χ0v) is 17.8. The number of carboxylic acids is 1. The molecule has 1 saturated carbocycles. The number of alkyl halides is 3. The van der Waals surface area contributed by atoms with Crippen LogP contribution < -0.4 is 0 Å². The number of hydrogen-bond acceptors (Lipinski definition) is 6. The molecule has 1 saturated heterocycles. The Kier molecular flexibility index (Phi) is 8.83. The number of fused-ring (bicyclic) bond motifs is 1. The summed E-state index contributed by atoms with van der Waals surface area (Å²) in [4.78, 5) is 24.6. The minimum Gasteiger partial charge on any atom is -0.475 e. The molecule has 0 bridgehead atoms. The van der Waals surface area contributed by atoms with Gasteiger partial charge in [0.1, 0.15) is 6.61 Å². The van der Waals surface area contributed by atoms with Crippen LogP contribution in [-0.4, -0.2) is 95.3 Å². The first-order valence-electron chi connectivity index (χ1n) is 9.88. The summed E-state index contributed by atoms with van der Waals surface area (Å²) >= 11 is 0. The van der Waals surface area contributed by atoms with Gasteiger partial charge in [0.15, 0.2) is 0 Å². The Bertz CT molecular complexity index is 740. The van der Waals surface area contributed by atoms with Gasteiger partial charge in [-0.3, -0.25) is 14.4 Å². The minimum atomic E-state index is -5.08. The zero-order chi connectivity index (χ0) is 23.2. The smallest absolute Gasteiger partial charge is 0.475 e. The molecule has 12 heteroatoms. The van der Waals surface area contributed by atoms with Crippen LogP contribution in [-0.2, 0) is 32.7 Å². The number of aliphatic carboxylic acids is 1. The molecule has 1 aromatic rings. The van der Waals surface area contributed by atoms with Crippen LogP contribution in [0.2, 0.25) is 0 Å². The molecule has 1 aliphatic heterocycles. The number of ether oxygens (including phenoxy) is 2. The molecule has 9 nitrogen and oxygen atoms in total. The first-order valence-corrected chi connectivity index (χ1v) is 9.88. The van der Waals surface area contributed by atoms with Gasteiger partial charge in [0.2, 0.25) is 5.91 Å². The highest BCUT2D eigenvalue weighted by atomic mass is 19.4. The number of carboxylic acid groups (broad SMARTS) is 1. The van der Waals surface area contributed by atoms with Crippen LogP contribution in [0.25, 0.3) is 0 Å². The molecule has 3 rings (SSSR count). The molecule has 0 radical (unpaired) electrons. The van der Waals surface area contributed by atoms with Crippen LogP contribution >= 0.6 is 0 Å². The molecule has 0 spiro atoms. The fourth-order valence-corrected chi connectivity index (χ4v) is 3.69. The Morgan fingerprint density at radius 1 is 1.35 bits per heavy atom. The standard InChI is InChI=1S/C17H28N4O3.C2HF3O2/c1-19(2)17(22)12-23-11-13-6-15-16(7-13)24-5-4-21(15)10-14-8-18-20(3)9-14;3-2(4,5)1(6)7/h8-9,13,15-16H,4-7,10-12H2,1-3H3;(H,6,7). The fraction of sp³-hybridized carbons (Fsp3) is 0.737. The van der Waals surface area contributed by atoms with Crippen molar-refractivity contribution in [3.63, 3.8) is 0 Å². The van der Waals surface area contributed by atoms with Gasteiger partial charge in [-0.25, -0.2) is 4.79 Å². The summed E-state index contributed by atoms with van der Waals surface area (Å²) in [7, 11) is 5.45. The van der Waals surface area contributed by atoms with E-state index in [1.807, 2.05) is 17.9 Å². The second-order valence-electron chi connectivity index (χ2n) is 7.91. The van der Waals surface area contributed by atoms with Gasteiger partial charge in [-0.05, 0) is 18.8 Å². The predicted molar refractivity (Wildman–Crippen MR) is 103 cm³/mol. The van der Waals surface area contributed by atoms with Crippen molar-refractivity contribution in [2.75, 3.05) is 40.5 Å². The molecule has 3 unspecified atom stereocenters. The van der Waals surface area contributed by atoms with E-state index in [4.69, 9.17) is 19.4 Å². The normalized spacial score (nSPS) is 23.6. The number of nitrogens with zero attached hydrogens (tertiary/aromatic N) is 4. The third-order valence-electron chi connectivity index (χ3n) is 5.21. The van der Waals surface area contributed by atoms with Crippen LogP contribution in [0.1, 0.15) is 18.4 Å².